The summed E-state index contributed by atoms with van der Waals surface area (Å²) in [6.07, 6.45) is 5.90. The van der Waals surface area contributed by atoms with Crippen molar-refractivity contribution in [2.75, 3.05) is 46.5 Å². The third-order valence-electron chi connectivity index (χ3n) is 6.94. The van der Waals surface area contributed by atoms with Crippen LogP contribution >= 0.6 is 0 Å². The Balaban J connectivity index is 1.78. The molecule has 3 fully saturated rings. The normalized spacial score (nSPS) is 27.1. The molecule has 0 radical (unpaired) electrons. The first-order valence-corrected chi connectivity index (χ1v) is 12.8. The van der Waals surface area contributed by atoms with E-state index < -0.39 is 11.4 Å². The van der Waals surface area contributed by atoms with Crippen LogP contribution in [0.25, 0.3) is 0 Å². The van der Waals surface area contributed by atoms with Crippen molar-refractivity contribution < 1.29 is 28.5 Å². The highest BCUT2D eigenvalue weighted by Gasteiger charge is 2.58. The molecule has 0 aromatic heterocycles. The van der Waals surface area contributed by atoms with Crippen LogP contribution in [0.1, 0.15) is 72.6 Å². The van der Waals surface area contributed by atoms with Crippen LogP contribution in [0.15, 0.2) is 0 Å². The van der Waals surface area contributed by atoms with Gasteiger partial charge >= 0.3 is 11.9 Å². The number of hydrogen-bond donors (Lipinski definition) is 0. The van der Waals surface area contributed by atoms with Crippen molar-refractivity contribution in [3.63, 3.8) is 0 Å². The third kappa shape index (κ3) is 6.47. The van der Waals surface area contributed by atoms with Crippen LogP contribution in [0.4, 0.5) is 0 Å². The zero-order valence-electron chi connectivity index (χ0n) is 21.3. The summed E-state index contributed by atoms with van der Waals surface area (Å²) in [5.74, 6) is -1.21. The van der Waals surface area contributed by atoms with Crippen LogP contribution in [0.3, 0.4) is 0 Å². The van der Waals surface area contributed by atoms with Crippen LogP contribution in [-0.4, -0.2) is 85.8 Å². The second-order valence-electron chi connectivity index (χ2n) is 10.7. The average molecular weight is 469 g/mol. The van der Waals surface area contributed by atoms with Crippen molar-refractivity contribution in [2.45, 2.75) is 90.2 Å². The van der Waals surface area contributed by atoms with E-state index in [0.29, 0.717) is 12.5 Å². The molecule has 3 rings (SSSR count). The second kappa shape index (κ2) is 11.5. The van der Waals surface area contributed by atoms with Crippen molar-refractivity contribution in [3.8, 4) is 0 Å². The molecule has 33 heavy (non-hydrogen) atoms. The van der Waals surface area contributed by atoms with Gasteiger partial charge in [-0.3, -0.25) is 14.6 Å². The van der Waals surface area contributed by atoms with Crippen molar-refractivity contribution >= 4 is 11.9 Å². The topological polar surface area (TPSA) is 77.5 Å². The van der Waals surface area contributed by atoms with Gasteiger partial charge in [0.25, 0.3) is 5.85 Å². The summed E-state index contributed by atoms with van der Waals surface area (Å²) >= 11 is 0. The van der Waals surface area contributed by atoms with Crippen LogP contribution in [0, 0.1) is 11.8 Å². The molecule has 8 heteroatoms. The van der Waals surface area contributed by atoms with Gasteiger partial charge in [0.2, 0.25) is 0 Å². The predicted molar refractivity (Wildman–Crippen MR) is 124 cm³/mol. The van der Waals surface area contributed by atoms with Crippen LogP contribution in [-0.2, 0) is 28.5 Å². The average Bonchev–Trinajstić information content (AvgIpc) is 3.26. The summed E-state index contributed by atoms with van der Waals surface area (Å²) in [6.45, 7) is 11.9. The Morgan fingerprint density at radius 3 is 2.15 bits per heavy atom. The number of carbonyl (C=O) groups excluding carboxylic acids is 2. The second-order valence-corrected chi connectivity index (χ2v) is 10.7. The maximum atomic E-state index is 13.8. The summed E-state index contributed by atoms with van der Waals surface area (Å²) in [4.78, 5) is 30.4. The van der Waals surface area contributed by atoms with Gasteiger partial charge in [-0.05, 0) is 78.6 Å². The standard InChI is InChI=1S/C25H44N2O6/c1-6-31-22(28)20-9-11-21(12-10-20)32-25(26-14-7-8-15-26,23(29)33-24(2,3)4)27-17-19(18-27)13-16-30-5/h19-21H,6-18H2,1-5H3/t20-,21-,25?. The Morgan fingerprint density at radius 2 is 1.61 bits per heavy atom. The van der Waals surface area contributed by atoms with Gasteiger partial charge < -0.3 is 18.9 Å². The Kier molecular flexibility index (Phi) is 9.17. The predicted octanol–water partition coefficient (Wildman–Crippen LogP) is 3.18. The lowest BCUT2D eigenvalue weighted by atomic mass is 9.87. The molecular formula is C25H44N2O6. The zero-order valence-corrected chi connectivity index (χ0v) is 21.3. The van der Waals surface area contributed by atoms with Gasteiger partial charge in [0.15, 0.2) is 0 Å². The highest BCUT2D eigenvalue weighted by molar-refractivity contribution is 5.79. The molecule has 0 spiro atoms. The van der Waals surface area contributed by atoms with E-state index >= 15 is 0 Å². The molecule has 0 amide bonds. The van der Waals surface area contributed by atoms with Gasteiger partial charge in [-0.15, -0.1) is 0 Å². The maximum absolute atomic E-state index is 13.8. The molecule has 2 heterocycles. The molecule has 0 aromatic rings. The molecule has 2 aliphatic heterocycles. The molecular weight excluding hydrogens is 424 g/mol. The highest BCUT2D eigenvalue weighted by atomic mass is 16.6. The van der Waals surface area contributed by atoms with Gasteiger partial charge in [-0.1, -0.05) is 0 Å². The summed E-state index contributed by atoms with van der Waals surface area (Å²) in [5, 5.41) is 0. The Labute approximate surface area is 199 Å². The number of nitrogens with zero attached hydrogens (tertiary/aromatic N) is 2. The number of rotatable bonds is 10. The van der Waals surface area contributed by atoms with Crippen molar-refractivity contribution in [2.24, 2.45) is 11.8 Å². The lowest BCUT2D eigenvalue weighted by molar-refractivity contribution is -0.294. The molecule has 2 saturated heterocycles. The molecule has 0 N–H and O–H groups in total. The van der Waals surface area contributed by atoms with Gasteiger partial charge in [0.1, 0.15) is 5.60 Å². The number of esters is 2. The van der Waals surface area contributed by atoms with E-state index in [2.05, 4.69) is 9.80 Å². The fraction of sp³-hybridized carbons (Fsp3) is 0.920. The largest absolute Gasteiger partial charge is 0.466 e. The Bertz CT molecular complexity index is 646. The summed E-state index contributed by atoms with van der Waals surface area (Å²) in [7, 11) is 1.72. The zero-order chi connectivity index (χ0) is 24.1. The molecule has 0 aromatic carbocycles. The van der Waals surface area contributed by atoms with Crippen LogP contribution in [0.2, 0.25) is 0 Å². The first kappa shape index (κ1) is 26.4. The fourth-order valence-electron chi connectivity index (χ4n) is 5.21. The summed E-state index contributed by atoms with van der Waals surface area (Å²) in [6, 6.07) is 0. The van der Waals surface area contributed by atoms with Crippen molar-refractivity contribution in [1.29, 1.82) is 0 Å². The minimum atomic E-state index is -1.20. The van der Waals surface area contributed by atoms with E-state index in [1.807, 2.05) is 27.7 Å². The van der Waals surface area contributed by atoms with E-state index in [1.54, 1.807) is 7.11 Å². The lowest BCUT2D eigenvalue weighted by Crippen LogP contribution is -2.73. The molecule has 1 aliphatic carbocycles. The Morgan fingerprint density at radius 1 is 0.970 bits per heavy atom. The van der Waals surface area contributed by atoms with E-state index in [9.17, 15) is 9.59 Å². The Hall–Kier alpha value is -1.22. The van der Waals surface area contributed by atoms with E-state index in [0.717, 1.165) is 77.7 Å². The third-order valence-corrected chi connectivity index (χ3v) is 6.94. The molecule has 1 unspecified atom stereocenters. The van der Waals surface area contributed by atoms with E-state index in [4.69, 9.17) is 18.9 Å². The smallest absolute Gasteiger partial charge is 0.371 e. The number of likely N-dealkylation sites (tertiary alicyclic amines) is 2. The molecule has 1 atom stereocenters. The van der Waals surface area contributed by atoms with Crippen LogP contribution < -0.4 is 0 Å². The van der Waals surface area contributed by atoms with Gasteiger partial charge in [-0.2, -0.15) is 0 Å². The number of carbonyl (C=O) groups is 2. The fourth-order valence-corrected chi connectivity index (χ4v) is 5.21. The first-order valence-electron chi connectivity index (χ1n) is 12.8. The van der Waals surface area contributed by atoms with Crippen LogP contribution in [0.5, 0.6) is 0 Å². The minimum Gasteiger partial charge on any atom is -0.466 e. The molecule has 1 saturated carbocycles. The number of ether oxygens (including phenoxy) is 4. The minimum absolute atomic E-state index is 0.0741. The van der Waals surface area contributed by atoms with Crippen molar-refractivity contribution in [3.05, 3.63) is 0 Å². The highest BCUT2D eigenvalue weighted by Crippen LogP contribution is 2.39. The molecule has 190 valence electrons. The monoisotopic (exact) mass is 468 g/mol. The summed E-state index contributed by atoms with van der Waals surface area (Å²) < 4.78 is 23.3. The van der Waals surface area contributed by atoms with Crippen molar-refractivity contribution in [1.82, 2.24) is 9.80 Å². The van der Waals surface area contributed by atoms with Gasteiger partial charge in [0.05, 0.1) is 18.6 Å². The number of hydrogen-bond acceptors (Lipinski definition) is 8. The molecule has 8 nitrogen and oxygen atoms in total. The quantitative estimate of drug-likeness (QED) is 0.453. The summed E-state index contributed by atoms with van der Waals surface area (Å²) in [5.41, 5.74) is -0.604. The molecule has 0 bridgehead atoms. The molecule has 3 aliphatic rings. The van der Waals surface area contributed by atoms with Gasteiger partial charge in [0, 0.05) is 39.9 Å². The van der Waals surface area contributed by atoms with Gasteiger partial charge in [-0.25, -0.2) is 4.79 Å². The first-order chi connectivity index (χ1) is 15.7. The SMILES string of the molecule is CCOC(=O)[C@H]1CC[C@H](OC(C(=O)OC(C)(C)C)(N2CCCC2)N2CC(CCOC)C2)CC1. The van der Waals surface area contributed by atoms with E-state index in [1.165, 1.54) is 0 Å². The van der Waals surface area contributed by atoms with E-state index in [-0.39, 0.29) is 24.0 Å². The number of methoxy groups -OCH3 is 1. The lowest BCUT2D eigenvalue weighted by Gasteiger charge is -2.55. The maximum Gasteiger partial charge on any atom is 0.371 e.